The predicted octanol–water partition coefficient (Wildman–Crippen LogP) is 4.30. The molecule has 0 aliphatic rings. The zero-order valence-corrected chi connectivity index (χ0v) is 20.3. The number of carbonyl (C=O) groups is 1. The minimum absolute atomic E-state index is 0.152. The highest BCUT2D eigenvalue weighted by atomic mass is 35.5. The number of ether oxygens (including phenoxy) is 1. The van der Waals surface area contributed by atoms with Gasteiger partial charge in [0, 0.05) is 12.1 Å². The highest BCUT2D eigenvalue weighted by molar-refractivity contribution is 7.98. The zero-order valence-electron chi connectivity index (χ0n) is 17.9. The van der Waals surface area contributed by atoms with Crippen LogP contribution in [0.25, 0.3) is 0 Å². The molecule has 0 unspecified atom stereocenters. The number of nitrogens with one attached hydrogen (secondary N) is 1. The molecule has 2 aromatic carbocycles. The topological polar surface area (TPSA) is 75.7 Å². The van der Waals surface area contributed by atoms with Crippen LogP contribution in [0.3, 0.4) is 0 Å². The molecule has 182 valence electrons. The van der Waals surface area contributed by atoms with Crippen molar-refractivity contribution in [3.63, 3.8) is 0 Å². The Kier molecular flexibility index (Phi) is 9.89. The molecule has 0 spiro atoms. The van der Waals surface area contributed by atoms with Crippen LogP contribution < -0.4 is 9.46 Å². The Bertz CT molecular complexity index is 1030. The van der Waals surface area contributed by atoms with Gasteiger partial charge in [-0.25, -0.2) is 8.42 Å². The van der Waals surface area contributed by atoms with Crippen LogP contribution >= 0.6 is 23.4 Å². The number of alkyl halides is 3. The molecule has 6 nitrogen and oxygen atoms in total. The molecule has 0 fully saturated rings. The fourth-order valence-corrected chi connectivity index (χ4v) is 4.64. The first-order valence-corrected chi connectivity index (χ1v) is 13.0. The van der Waals surface area contributed by atoms with Crippen LogP contribution in [0.5, 0.6) is 5.75 Å². The van der Waals surface area contributed by atoms with E-state index in [2.05, 4.69) is 4.72 Å². The second-order valence-corrected chi connectivity index (χ2v) is 10.2. The Morgan fingerprint density at radius 3 is 2.48 bits per heavy atom. The van der Waals surface area contributed by atoms with E-state index in [0.717, 1.165) is 18.2 Å². The van der Waals surface area contributed by atoms with Crippen LogP contribution in [-0.4, -0.2) is 57.5 Å². The van der Waals surface area contributed by atoms with Crippen molar-refractivity contribution in [1.29, 1.82) is 0 Å². The second kappa shape index (κ2) is 12.0. The van der Waals surface area contributed by atoms with E-state index in [1.165, 1.54) is 23.7 Å². The van der Waals surface area contributed by atoms with E-state index in [9.17, 15) is 26.4 Å². The molecule has 2 rings (SSSR count). The van der Waals surface area contributed by atoms with Crippen molar-refractivity contribution < 1.29 is 31.1 Å². The molecule has 33 heavy (non-hydrogen) atoms. The first-order valence-electron chi connectivity index (χ1n) is 9.76. The zero-order chi connectivity index (χ0) is 24.6. The number of sulfonamides is 1. The molecular weight excluding hydrogens is 501 g/mol. The summed E-state index contributed by atoms with van der Waals surface area (Å²) < 4.78 is 72.3. The number of hydrogen-bond acceptors (Lipinski definition) is 5. The van der Waals surface area contributed by atoms with Crippen LogP contribution in [0.2, 0.25) is 5.02 Å². The number of carbonyl (C=O) groups excluding carboxylic acids is 1. The Hall–Kier alpha value is -1.95. The lowest BCUT2D eigenvalue weighted by Gasteiger charge is -2.24. The van der Waals surface area contributed by atoms with E-state index in [-0.39, 0.29) is 19.6 Å². The van der Waals surface area contributed by atoms with Crippen molar-refractivity contribution in [3.05, 3.63) is 59.1 Å². The third kappa shape index (κ3) is 8.40. The van der Waals surface area contributed by atoms with E-state index >= 15 is 0 Å². The average Bonchev–Trinajstić information content (AvgIpc) is 2.77. The number of halogens is 4. The summed E-state index contributed by atoms with van der Waals surface area (Å²) in [5.41, 5.74) is -1.09. The van der Waals surface area contributed by atoms with Gasteiger partial charge >= 0.3 is 6.18 Å². The van der Waals surface area contributed by atoms with Crippen molar-refractivity contribution in [2.24, 2.45) is 0 Å². The average molecular weight is 525 g/mol. The minimum atomic E-state index is -4.69. The van der Waals surface area contributed by atoms with Gasteiger partial charge in [0.05, 0.1) is 17.0 Å². The first-order chi connectivity index (χ1) is 15.4. The first kappa shape index (κ1) is 27.3. The summed E-state index contributed by atoms with van der Waals surface area (Å²) in [6, 6.07) is 8.92. The number of nitrogens with zero attached hydrogens (tertiary/aromatic N) is 1. The van der Waals surface area contributed by atoms with Crippen molar-refractivity contribution in [2.45, 2.75) is 23.5 Å². The molecule has 0 aromatic heterocycles. The van der Waals surface area contributed by atoms with E-state index in [1.807, 2.05) is 0 Å². The molecule has 2 aromatic rings. The van der Waals surface area contributed by atoms with E-state index in [0.29, 0.717) is 22.6 Å². The lowest BCUT2D eigenvalue weighted by Crippen LogP contribution is -2.48. The summed E-state index contributed by atoms with van der Waals surface area (Å²) in [5.74, 6) is 0.514. The van der Waals surface area contributed by atoms with Crippen molar-refractivity contribution in [3.8, 4) is 5.75 Å². The molecule has 0 aliphatic heterocycles. The molecule has 12 heteroatoms. The largest absolute Gasteiger partial charge is 0.492 e. The van der Waals surface area contributed by atoms with Crippen LogP contribution in [0.4, 0.5) is 13.2 Å². The molecule has 0 bridgehead atoms. The predicted molar refractivity (Wildman–Crippen MR) is 123 cm³/mol. The highest BCUT2D eigenvalue weighted by Gasteiger charge is 2.33. The van der Waals surface area contributed by atoms with Gasteiger partial charge in [-0.05, 0) is 60.9 Å². The van der Waals surface area contributed by atoms with Gasteiger partial charge in [-0.3, -0.25) is 4.79 Å². The summed E-state index contributed by atoms with van der Waals surface area (Å²) in [4.78, 5) is 13.7. The van der Waals surface area contributed by atoms with Gasteiger partial charge in [0.15, 0.2) is 0 Å². The second-order valence-electron chi connectivity index (χ2n) is 7.04. The van der Waals surface area contributed by atoms with Crippen LogP contribution in [0.15, 0.2) is 53.4 Å². The van der Waals surface area contributed by atoms with Crippen LogP contribution in [-0.2, 0) is 21.0 Å². The molecule has 0 saturated heterocycles. The number of likely N-dealkylation sites (N-methyl/N-ethyl adjacent to an activating group) is 1. The van der Waals surface area contributed by atoms with Gasteiger partial charge < -0.3 is 9.64 Å². The number of thioether (sulfide) groups is 1. The van der Waals surface area contributed by atoms with Crippen molar-refractivity contribution >= 4 is 39.3 Å². The summed E-state index contributed by atoms with van der Waals surface area (Å²) in [6.07, 6.45) is -2.73. The number of benzene rings is 2. The molecule has 1 amide bonds. The molecular formula is C21H24ClF3N2O4S2. The van der Waals surface area contributed by atoms with E-state index < -0.39 is 38.6 Å². The molecule has 0 radical (unpaired) electrons. The molecule has 0 aliphatic carbocycles. The summed E-state index contributed by atoms with van der Waals surface area (Å²) >= 11 is 7.23. The van der Waals surface area contributed by atoms with Gasteiger partial charge in [-0.15, -0.1) is 0 Å². The van der Waals surface area contributed by atoms with Gasteiger partial charge in [0.1, 0.15) is 18.4 Å². The van der Waals surface area contributed by atoms with E-state index in [1.54, 1.807) is 30.5 Å². The lowest BCUT2D eigenvalue weighted by atomic mass is 10.2. The Labute approximate surface area is 200 Å². The smallest absolute Gasteiger partial charge is 0.416 e. The summed E-state index contributed by atoms with van der Waals surface area (Å²) in [6.45, 7) is 0.321. The van der Waals surface area contributed by atoms with Gasteiger partial charge in [0.25, 0.3) is 0 Å². The van der Waals surface area contributed by atoms with Crippen LogP contribution in [0, 0.1) is 0 Å². The van der Waals surface area contributed by atoms with Gasteiger partial charge in [-0.1, -0.05) is 17.7 Å². The minimum Gasteiger partial charge on any atom is -0.492 e. The Balaban J connectivity index is 2.08. The number of amides is 1. The van der Waals surface area contributed by atoms with Crippen molar-refractivity contribution in [1.82, 2.24) is 9.62 Å². The molecule has 1 atom stereocenters. The fourth-order valence-electron chi connectivity index (χ4n) is 2.77. The maximum Gasteiger partial charge on any atom is 0.416 e. The number of hydrogen-bond donors (Lipinski definition) is 1. The fraction of sp³-hybridized carbons (Fsp3) is 0.381. The maximum absolute atomic E-state index is 13.0. The molecule has 0 heterocycles. The highest BCUT2D eigenvalue weighted by Crippen LogP contribution is 2.30. The summed E-state index contributed by atoms with van der Waals surface area (Å²) in [7, 11) is -2.87. The third-order valence-corrected chi connectivity index (χ3v) is 6.93. The van der Waals surface area contributed by atoms with E-state index in [4.69, 9.17) is 16.3 Å². The monoisotopic (exact) mass is 524 g/mol. The summed E-state index contributed by atoms with van der Waals surface area (Å²) in [5, 5.41) is 0.555. The Morgan fingerprint density at radius 1 is 1.21 bits per heavy atom. The standard InChI is InChI=1S/C21H24ClF3N2O4S2/c1-27(11-12-31-17-8-6-16(22)7-9-17)20(28)19(10-13-32-2)26-33(29,30)18-5-3-4-15(14-18)21(23,24)25/h3-9,14,19,26H,10-13H2,1-2H3/t19-/m0/s1. The lowest BCUT2D eigenvalue weighted by molar-refractivity contribution is -0.137. The molecule has 1 N–H and O–H groups in total. The maximum atomic E-state index is 13.0. The van der Waals surface area contributed by atoms with Gasteiger partial charge in [-0.2, -0.15) is 29.7 Å². The molecule has 0 saturated carbocycles. The van der Waals surface area contributed by atoms with Crippen LogP contribution in [0.1, 0.15) is 12.0 Å². The third-order valence-electron chi connectivity index (χ3n) is 4.56. The quantitative estimate of drug-likeness (QED) is 0.474. The SMILES string of the molecule is CSCC[C@H](NS(=O)(=O)c1cccc(C(F)(F)F)c1)C(=O)N(C)CCOc1ccc(Cl)cc1. The van der Waals surface area contributed by atoms with Crippen molar-refractivity contribution in [2.75, 3.05) is 32.2 Å². The Morgan fingerprint density at radius 2 is 1.88 bits per heavy atom. The number of rotatable bonds is 11. The van der Waals surface area contributed by atoms with Gasteiger partial charge in [0.2, 0.25) is 15.9 Å². The normalized spacial score (nSPS) is 12.9.